The van der Waals surface area contributed by atoms with Gasteiger partial charge in [-0.1, -0.05) is 27.7 Å². The van der Waals surface area contributed by atoms with Crippen LogP contribution < -0.4 is 0 Å². The van der Waals surface area contributed by atoms with E-state index in [2.05, 4.69) is 51.5 Å². The maximum Gasteiger partial charge on any atom is 0.254 e. The summed E-state index contributed by atoms with van der Waals surface area (Å²) < 4.78 is 1.92. The molecule has 2 aromatic heterocycles. The molecule has 136 valence electrons. The summed E-state index contributed by atoms with van der Waals surface area (Å²) in [5, 5.41) is 5.38. The largest absolute Gasteiger partial charge is 0.335 e. The van der Waals surface area contributed by atoms with E-state index in [-0.39, 0.29) is 17.9 Å². The second-order valence-electron chi connectivity index (χ2n) is 8.12. The Kier molecular flexibility index (Phi) is 4.85. The molecule has 5 heteroatoms. The van der Waals surface area contributed by atoms with Crippen LogP contribution in [-0.2, 0) is 0 Å². The number of likely N-dealkylation sites (tertiary alicyclic amines) is 1. The van der Waals surface area contributed by atoms with Crippen LogP contribution in [-0.4, -0.2) is 38.2 Å². The number of amides is 1. The minimum Gasteiger partial charge on any atom is -0.335 e. The Labute approximate surface area is 150 Å². The van der Waals surface area contributed by atoms with Crippen molar-refractivity contribution in [3.63, 3.8) is 0 Å². The van der Waals surface area contributed by atoms with Gasteiger partial charge in [-0.2, -0.15) is 5.10 Å². The van der Waals surface area contributed by atoms with Crippen molar-refractivity contribution in [3.05, 3.63) is 23.5 Å². The van der Waals surface area contributed by atoms with E-state index in [0.29, 0.717) is 12.0 Å². The Hall–Kier alpha value is -1.91. The van der Waals surface area contributed by atoms with Gasteiger partial charge in [0.25, 0.3) is 5.91 Å². The molecular weight excluding hydrogens is 312 g/mol. The summed E-state index contributed by atoms with van der Waals surface area (Å²) in [6.07, 6.45) is 3.99. The predicted molar refractivity (Wildman–Crippen MR) is 101 cm³/mol. The van der Waals surface area contributed by atoms with Crippen molar-refractivity contribution in [1.29, 1.82) is 0 Å². The summed E-state index contributed by atoms with van der Waals surface area (Å²) in [6.45, 7) is 13.7. The van der Waals surface area contributed by atoms with Gasteiger partial charge in [0.15, 0.2) is 5.65 Å². The van der Waals surface area contributed by atoms with Gasteiger partial charge in [-0.15, -0.1) is 0 Å². The molecule has 1 fully saturated rings. The lowest BCUT2D eigenvalue weighted by molar-refractivity contribution is 0.0703. The summed E-state index contributed by atoms with van der Waals surface area (Å²) in [5.41, 5.74) is 2.54. The number of aromatic nitrogens is 3. The first-order valence-electron chi connectivity index (χ1n) is 9.50. The Balaban J connectivity index is 2.13. The first-order valence-corrected chi connectivity index (χ1v) is 9.50. The fourth-order valence-corrected chi connectivity index (χ4v) is 3.78. The molecule has 1 saturated heterocycles. The summed E-state index contributed by atoms with van der Waals surface area (Å²) in [7, 11) is 0. The SMILES string of the molecule is CC(C)c1cc(C(=O)N2CCC[C@H]2C(C)C)c2cnn(C(C)C)c2n1. The van der Waals surface area contributed by atoms with Crippen molar-refractivity contribution in [3.8, 4) is 0 Å². The predicted octanol–water partition coefficient (Wildman–Crippen LogP) is 4.40. The van der Waals surface area contributed by atoms with Gasteiger partial charge in [0, 0.05) is 24.3 Å². The summed E-state index contributed by atoms with van der Waals surface area (Å²) in [4.78, 5) is 20.3. The van der Waals surface area contributed by atoms with Gasteiger partial charge in [-0.25, -0.2) is 9.67 Å². The number of nitrogens with zero attached hydrogens (tertiary/aromatic N) is 4. The van der Waals surface area contributed by atoms with E-state index in [1.807, 2.05) is 10.7 Å². The van der Waals surface area contributed by atoms with E-state index in [9.17, 15) is 4.79 Å². The number of rotatable bonds is 4. The summed E-state index contributed by atoms with van der Waals surface area (Å²) >= 11 is 0. The highest BCUT2D eigenvalue weighted by molar-refractivity contribution is 6.05. The van der Waals surface area contributed by atoms with Gasteiger partial charge < -0.3 is 4.90 Å². The molecule has 3 heterocycles. The number of carbonyl (C=O) groups is 1. The van der Waals surface area contributed by atoms with Gasteiger partial charge in [0.1, 0.15) is 0 Å². The van der Waals surface area contributed by atoms with Gasteiger partial charge in [0.05, 0.1) is 17.1 Å². The topological polar surface area (TPSA) is 51.0 Å². The molecule has 0 aliphatic carbocycles. The maximum atomic E-state index is 13.4. The second kappa shape index (κ2) is 6.77. The van der Waals surface area contributed by atoms with E-state index >= 15 is 0 Å². The Bertz CT molecular complexity index is 775. The lowest BCUT2D eigenvalue weighted by Gasteiger charge is -2.28. The van der Waals surface area contributed by atoms with Crippen LogP contribution in [0, 0.1) is 5.92 Å². The number of pyridine rings is 1. The fourth-order valence-electron chi connectivity index (χ4n) is 3.78. The molecule has 0 radical (unpaired) electrons. The average Bonchev–Trinajstić information content (AvgIpc) is 3.19. The third kappa shape index (κ3) is 3.16. The highest BCUT2D eigenvalue weighted by Crippen LogP contribution is 2.30. The van der Waals surface area contributed by atoms with E-state index in [1.54, 1.807) is 6.20 Å². The third-order valence-corrected chi connectivity index (χ3v) is 5.23. The van der Waals surface area contributed by atoms with Crippen LogP contribution in [0.4, 0.5) is 0 Å². The lowest BCUT2D eigenvalue weighted by atomic mass is 10.00. The molecule has 0 bridgehead atoms. The zero-order valence-electron chi connectivity index (χ0n) is 16.3. The highest BCUT2D eigenvalue weighted by atomic mass is 16.2. The normalized spacial score (nSPS) is 18.3. The van der Waals surface area contributed by atoms with Crippen molar-refractivity contribution < 1.29 is 4.79 Å². The van der Waals surface area contributed by atoms with Crippen LogP contribution in [0.2, 0.25) is 0 Å². The Morgan fingerprint density at radius 1 is 1.20 bits per heavy atom. The Morgan fingerprint density at radius 3 is 2.52 bits per heavy atom. The number of carbonyl (C=O) groups excluding carboxylic acids is 1. The monoisotopic (exact) mass is 342 g/mol. The van der Waals surface area contributed by atoms with Crippen LogP contribution in [0.3, 0.4) is 0 Å². The van der Waals surface area contributed by atoms with Crippen molar-refractivity contribution in [2.45, 2.75) is 72.4 Å². The van der Waals surface area contributed by atoms with Crippen LogP contribution in [0.15, 0.2) is 12.3 Å². The number of fused-ring (bicyclic) bond motifs is 1. The molecule has 0 N–H and O–H groups in total. The van der Waals surface area contributed by atoms with Crippen LogP contribution in [0.1, 0.15) is 82.4 Å². The van der Waals surface area contributed by atoms with Crippen molar-refractivity contribution >= 4 is 16.9 Å². The standard InChI is InChI=1S/C20H30N4O/c1-12(2)17-10-15(16-11-21-24(14(5)6)19(16)22-17)20(25)23-9-7-8-18(23)13(3)4/h10-14,18H,7-9H2,1-6H3/t18-/m0/s1. The van der Waals surface area contributed by atoms with Crippen molar-refractivity contribution in [2.75, 3.05) is 6.54 Å². The van der Waals surface area contributed by atoms with E-state index < -0.39 is 0 Å². The molecule has 0 spiro atoms. The third-order valence-electron chi connectivity index (χ3n) is 5.23. The van der Waals surface area contributed by atoms with Crippen molar-refractivity contribution in [1.82, 2.24) is 19.7 Å². The average molecular weight is 342 g/mol. The molecule has 1 amide bonds. The van der Waals surface area contributed by atoms with E-state index in [0.717, 1.165) is 41.7 Å². The minimum atomic E-state index is 0.133. The van der Waals surface area contributed by atoms with Crippen LogP contribution in [0.25, 0.3) is 11.0 Å². The molecule has 5 nitrogen and oxygen atoms in total. The first-order chi connectivity index (χ1) is 11.8. The molecular formula is C20H30N4O. The van der Waals surface area contributed by atoms with Gasteiger partial charge in [0.2, 0.25) is 0 Å². The quantitative estimate of drug-likeness (QED) is 0.827. The molecule has 25 heavy (non-hydrogen) atoms. The lowest BCUT2D eigenvalue weighted by Crippen LogP contribution is -2.38. The fraction of sp³-hybridized carbons (Fsp3) is 0.650. The number of hydrogen-bond donors (Lipinski definition) is 0. The molecule has 1 aliphatic heterocycles. The molecule has 3 rings (SSSR count). The Morgan fingerprint density at radius 2 is 1.92 bits per heavy atom. The van der Waals surface area contributed by atoms with Crippen LogP contribution in [0.5, 0.6) is 0 Å². The minimum absolute atomic E-state index is 0.133. The second-order valence-corrected chi connectivity index (χ2v) is 8.12. The smallest absolute Gasteiger partial charge is 0.254 e. The first kappa shape index (κ1) is 17.9. The number of hydrogen-bond acceptors (Lipinski definition) is 3. The van der Waals surface area contributed by atoms with E-state index in [4.69, 9.17) is 4.98 Å². The molecule has 0 saturated carbocycles. The summed E-state index contributed by atoms with van der Waals surface area (Å²) in [6, 6.07) is 2.53. The van der Waals surface area contributed by atoms with Crippen LogP contribution >= 0.6 is 0 Å². The maximum absolute atomic E-state index is 13.4. The molecule has 2 aromatic rings. The van der Waals surface area contributed by atoms with E-state index in [1.165, 1.54) is 0 Å². The zero-order chi connectivity index (χ0) is 18.3. The summed E-state index contributed by atoms with van der Waals surface area (Å²) in [5.74, 6) is 0.881. The molecule has 1 aliphatic rings. The molecule has 0 aromatic carbocycles. The van der Waals surface area contributed by atoms with Crippen molar-refractivity contribution in [2.24, 2.45) is 5.92 Å². The molecule has 1 atom stereocenters. The van der Waals surface area contributed by atoms with Gasteiger partial charge >= 0.3 is 0 Å². The van der Waals surface area contributed by atoms with Gasteiger partial charge in [-0.05, 0) is 44.6 Å². The highest BCUT2D eigenvalue weighted by Gasteiger charge is 2.33. The molecule has 0 unspecified atom stereocenters. The van der Waals surface area contributed by atoms with Gasteiger partial charge in [-0.3, -0.25) is 4.79 Å². The zero-order valence-corrected chi connectivity index (χ0v) is 16.3.